The van der Waals surface area contributed by atoms with Gasteiger partial charge in [0.15, 0.2) is 0 Å². The van der Waals surface area contributed by atoms with Crippen LogP contribution in [0, 0.1) is 5.92 Å². The fourth-order valence-corrected chi connectivity index (χ4v) is 5.09. The Bertz CT molecular complexity index is 1230. The van der Waals surface area contributed by atoms with Gasteiger partial charge in [0.1, 0.15) is 17.8 Å². The van der Waals surface area contributed by atoms with Gasteiger partial charge in [0.05, 0.1) is 18.6 Å². The van der Waals surface area contributed by atoms with E-state index in [4.69, 9.17) is 4.74 Å². The van der Waals surface area contributed by atoms with Crippen LogP contribution in [0.5, 0.6) is 5.75 Å². The molecule has 1 fully saturated rings. The standard InChI is InChI=1S/C30H36F3N3O5/c1-18(2)23(25(37)30(31,32)33)35-27(39)24(20-12-14-22(41-4)15-13-20)36-26(38)19(3)34-28(40)29(16-8-9-17-29)21-10-6-5-7-11-21/h5-7,10-15,18-19,23-24H,8-9,16-17H2,1-4H3,(H,34,40)(H,35,39)(H,36,38). The normalized spacial score (nSPS) is 16.8. The van der Waals surface area contributed by atoms with Crippen LogP contribution in [0.3, 0.4) is 0 Å². The molecule has 1 aliphatic rings. The fraction of sp³-hybridized carbons (Fsp3) is 0.467. The number of rotatable bonds is 11. The Kier molecular flexibility index (Phi) is 10.2. The van der Waals surface area contributed by atoms with E-state index in [1.165, 1.54) is 52.1 Å². The Hall–Kier alpha value is -3.89. The van der Waals surface area contributed by atoms with Crippen molar-refractivity contribution in [1.29, 1.82) is 0 Å². The smallest absolute Gasteiger partial charge is 0.452 e. The molecule has 3 atom stereocenters. The highest BCUT2D eigenvalue weighted by Crippen LogP contribution is 2.41. The van der Waals surface area contributed by atoms with Gasteiger partial charge in [0.25, 0.3) is 5.78 Å². The summed E-state index contributed by atoms with van der Waals surface area (Å²) in [7, 11) is 1.44. The van der Waals surface area contributed by atoms with Crippen molar-refractivity contribution in [2.75, 3.05) is 7.11 Å². The van der Waals surface area contributed by atoms with Gasteiger partial charge in [-0.25, -0.2) is 0 Å². The van der Waals surface area contributed by atoms with Crippen LogP contribution in [0.1, 0.15) is 63.6 Å². The maximum absolute atomic E-state index is 13.5. The molecular formula is C30H36F3N3O5. The van der Waals surface area contributed by atoms with E-state index >= 15 is 0 Å². The van der Waals surface area contributed by atoms with Gasteiger partial charge < -0.3 is 20.7 Å². The van der Waals surface area contributed by atoms with Crippen molar-refractivity contribution in [3.05, 3.63) is 65.7 Å². The number of carbonyl (C=O) groups excluding carboxylic acids is 4. The van der Waals surface area contributed by atoms with Crippen molar-refractivity contribution < 1.29 is 37.1 Å². The number of Topliss-reactive ketones (excluding diaryl/α,β-unsaturated/α-hetero) is 1. The van der Waals surface area contributed by atoms with Crippen LogP contribution in [0.4, 0.5) is 13.2 Å². The van der Waals surface area contributed by atoms with E-state index in [0.29, 0.717) is 18.6 Å². The lowest BCUT2D eigenvalue weighted by Crippen LogP contribution is -2.55. The first kappa shape index (κ1) is 31.6. The SMILES string of the molecule is COc1ccc(C(NC(=O)C(C)NC(=O)C2(c3ccccc3)CCCC2)C(=O)NC(C(=O)C(F)(F)F)C(C)C)cc1. The number of ether oxygens (including phenoxy) is 1. The number of amides is 3. The molecule has 0 radical (unpaired) electrons. The number of halogens is 3. The summed E-state index contributed by atoms with van der Waals surface area (Å²) in [6.07, 6.45) is -2.20. The third kappa shape index (κ3) is 7.45. The predicted octanol–water partition coefficient (Wildman–Crippen LogP) is 4.14. The summed E-state index contributed by atoms with van der Waals surface area (Å²) < 4.78 is 44.8. The number of nitrogens with one attached hydrogen (secondary N) is 3. The van der Waals surface area contributed by atoms with Gasteiger partial charge >= 0.3 is 6.18 Å². The summed E-state index contributed by atoms with van der Waals surface area (Å²) in [5.41, 5.74) is 0.311. The van der Waals surface area contributed by atoms with Crippen LogP contribution < -0.4 is 20.7 Å². The Morgan fingerprint density at radius 1 is 0.829 bits per heavy atom. The molecule has 1 aliphatic carbocycles. The molecule has 11 heteroatoms. The molecule has 0 saturated heterocycles. The minimum Gasteiger partial charge on any atom is -0.497 e. The Morgan fingerprint density at radius 2 is 1.41 bits per heavy atom. The lowest BCUT2D eigenvalue weighted by molar-refractivity contribution is -0.175. The van der Waals surface area contributed by atoms with Gasteiger partial charge in [0, 0.05) is 0 Å². The highest BCUT2D eigenvalue weighted by Gasteiger charge is 2.46. The van der Waals surface area contributed by atoms with E-state index in [9.17, 15) is 32.3 Å². The summed E-state index contributed by atoms with van der Waals surface area (Å²) in [5, 5.41) is 7.47. The number of alkyl halides is 3. The summed E-state index contributed by atoms with van der Waals surface area (Å²) in [6.45, 7) is 4.21. The number of methoxy groups -OCH3 is 1. The first-order valence-corrected chi connectivity index (χ1v) is 13.5. The fourth-order valence-electron chi connectivity index (χ4n) is 5.09. The molecule has 3 amide bonds. The molecule has 1 saturated carbocycles. The third-order valence-electron chi connectivity index (χ3n) is 7.48. The van der Waals surface area contributed by atoms with Gasteiger partial charge in [-0.3, -0.25) is 19.2 Å². The average Bonchev–Trinajstić information content (AvgIpc) is 3.45. The second-order valence-electron chi connectivity index (χ2n) is 10.7. The average molecular weight is 576 g/mol. The van der Waals surface area contributed by atoms with E-state index in [0.717, 1.165) is 18.4 Å². The highest BCUT2D eigenvalue weighted by atomic mass is 19.4. The van der Waals surface area contributed by atoms with Gasteiger partial charge in [-0.15, -0.1) is 0 Å². The van der Waals surface area contributed by atoms with Crippen LogP contribution in [0.15, 0.2) is 54.6 Å². The van der Waals surface area contributed by atoms with Crippen molar-refractivity contribution in [3.8, 4) is 5.75 Å². The van der Waals surface area contributed by atoms with E-state index < -0.39 is 53.2 Å². The zero-order chi connectivity index (χ0) is 30.4. The van der Waals surface area contributed by atoms with Crippen LogP contribution >= 0.6 is 0 Å². The van der Waals surface area contributed by atoms with Gasteiger partial charge in [0.2, 0.25) is 17.7 Å². The molecule has 0 aliphatic heterocycles. The first-order chi connectivity index (χ1) is 19.3. The van der Waals surface area contributed by atoms with Gasteiger partial charge in [-0.1, -0.05) is 69.2 Å². The summed E-state index contributed by atoms with van der Waals surface area (Å²) in [4.78, 5) is 52.1. The maximum atomic E-state index is 13.5. The number of hydrogen-bond donors (Lipinski definition) is 3. The lowest BCUT2D eigenvalue weighted by atomic mass is 9.78. The topological polar surface area (TPSA) is 114 Å². The van der Waals surface area contributed by atoms with Crippen molar-refractivity contribution >= 4 is 23.5 Å². The molecule has 41 heavy (non-hydrogen) atoms. The Labute approximate surface area is 237 Å². The molecular weight excluding hydrogens is 539 g/mol. The monoisotopic (exact) mass is 575 g/mol. The van der Waals surface area contributed by atoms with Crippen LogP contribution in [0.25, 0.3) is 0 Å². The van der Waals surface area contributed by atoms with Crippen LogP contribution in [0.2, 0.25) is 0 Å². The van der Waals surface area contributed by atoms with E-state index in [-0.39, 0.29) is 11.5 Å². The molecule has 8 nitrogen and oxygen atoms in total. The zero-order valence-electron chi connectivity index (χ0n) is 23.5. The highest BCUT2D eigenvalue weighted by molar-refractivity contribution is 5.97. The van der Waals surface area contributed by atoms with E-state index in [1.807, 2.05) is 30.3 Å². The minimum atomic E-state index is -5.16. The molecule has 3 unspecified atom stereocenters. The van der Waals surface area contributed by atoms with Crippen LogP contribution in [-0.2, 0) is 24.6 Å². The van der Waals surface area contributed by atoms with Crippen LogP contribution in [-0.4, -0.2) is 48.9 Å². The second kappa shape index (κ2) is 13.2. The summed E-state index contributed by atoms with van der Waals surface area (Å²) in [6, 6.07) is 10.9. The maximum Gasteiger partial charge on any atom is 0.452 e. The largest absolute Gasteiger partial charge is 0.497 e. The molecule has 3 rings (SSSR count). The van der Waals surface area contributed by atoms with Crippen molar-refractivity contribution in [1.82, 2.24) is 16.0 Å². The number of hydrogen-bond acceptors (Lipinski definition) is 5. The molecule has 3 N–H and O–H groups in total. The second-order valence-corrected chi connectivity index (χ2v) is 10.7. The number of ketones is 1. The lowest BCUT2D eigenvalue weighted by Gasteiger charge is -2.30. The summed E-state index contributed by atoms with van der Waals surface area (Å²) in [5.74, 6) is -4.56. The van der Waals surface area contributed by atoms with E-state index in [1.54, 1.807) is 0 Å². The van der Waals surface area contributed by atoms with Gasteiger partial charge in [-0.05, 0) is 48.9 Å². The molecule has 2 aromatic carbocycles. The quantitative estimate of drug-likeness (QED) is 0.373. The third-order valence-corrected chi connectivity index (χ3v) is 7.48. The first-order valence-electron chi connectivity index (χ1n) is 13.5. The molecule has 0 spiro atoms. The number of carbonyl (C=O) groups is 4. The Balaban J connectivity index is 1.83. The van der Waals surface area contributed by atoms with Crippen molar-refractivity contribution in [2.24, 2.45) is 5.92 Å². The predicted molar refractivity (Wildman–Crippen MR) is 146 cm³/mol. The van der Waals surface area contributed by atoms with Crippen molar-refractivity contribution in [3.63, 3.8) is 0 Å². The summed E-state index contributed by atoms with van der Waals surface area (Å²) >= 11 is 0. The molecule has 0 bridgehead atoms. The Morgan fingerprint density at radius 3 is 1.93 bits per heavy atom. The molecule has 0 heterocycles. The minimum absolute atomic E-state index is 0.244. The van der Waals surface area contributed by atoms with Gasteiger partial charge in [-0.2, -0.15) is 13.2 Å². The molecule has 222 valence electrons. The zero-order valence-corrected chi connectivity index (χ0v) is 23.5. The van der Waals surface area contributed by atoms with E-state index in [2.05, 4.69) is 16.0 Å². The molecule has 2 aromatic rings. The molecule has 0 aromatic heterocycles. The number of benzene rings is 2. The van der Waals surface area contributed by atoms with Crippen molar-refractivity contribution in [2.45, 2.75) is 76.2 Å².